The van der Waals surface area contributed by atoms with Crippen molar-refractivity contribution >= 4 is 35.0 Å². The summed E-state index contributed by atoms with van der Waals surface area (Å²) in [4.78, 5) is 18.2. The first kappa shape index (κ1) is 23.0. The maximum Gasteiger partial charge on any atom is 0.178 e. The number of hydrogen-bond donors (Lipinski definition) is 1. The Kier molecular flexibility index (Phi) is 5.44. The molecule has 0 radical (unpaired) electrons. The summed E-state index contributed by atoms with van der Waals surface area (Å²) >= 11 is 3.52. The van der Waals surface area contributed by atoms with E-state index in [4.69, 9.17) is 4.98 Å². The van der Waals surface area contributed by atoms with Crippen LogP contribution in [0, 0.1) is 28.6 Å². The summed E-state index contributed by atoms with van der Waals surface area (Å²) < 4.78 is 1.10. The first-order valence-electron chi connectivity index (χ1n) is 12.9. The smallest absolute Gasteiger partial charge is 0.178 e. The maximum absolute atomic E-state index is 12.2. The minimum Gasteiger partial charge on any atom is -0.385 e. The normalized spacial score (nSPS) is 40.3. The summed E-state index contributed by atoms with van der Waals surface area (Å²) in [6, 6.07) is 0. The van der Waals surface area contributed by atoms with Gasteiger partial charge in [0.25, 0.3) is 0 Å². The van der Waals surface area contributed by atoms with Gasteiger partial charge in [-0.2, -0.15) is 0 Å². The van der Waals surface area contributed by atoms with Crippen LogP contribution in [-0.2, 0) is 11.2 Å². The molecule has 6 atom stereocenters. The average molecular weight is 494 g/mol. The van der Waals surface area contributed by atoms with E-state index in [-0.39, 0.29) is 16.6 Å². The highest BCUT2D eigenvalue weighted by atomic mass is 32.2. The number of thiazole rings is 1. The van der Waals surface area contributed by atoms with Gasteiger partial charge in [-0.3, -0.25) is 4.79 Å². The minimum absolute atomic E-state index is 0.00409. The molecule has 0 aromatic carbocycles. The van der Waals surface area contributed by atoms with Gasteiger partial charge < -0.3 is 5.11 Å². The lowest BCUT2D eigenvalue weighted by Crippen LogP contribution is -2.55. The molecule has 6 rings (SSSR count). The monoisotopic (exact) mass is 493 g/mol. The third-order valence-electron chi connectivity index (χ3n) is 10.2. The van der Waals surface area contributed by atoms with E-state index in [1.807, 2.05) is 6.08 Å². The van der Waals surface area contributed by atoms with Gasteiger partial charge in [0.05, 0.1) is 16.2 Å². The Morgan fingerprint density at radius 1 is 1.21 bits per heavy atom. The van der Waals surface area contributed by atoms with E-state index in [1.54, 1.807) is 29.2 Å². The van der Waals surface area contributed by atoms with Crippen LogP contribution in [0.2, 0.25) is 0 Å². The molecule has 0 bridgehead atoms. The lowest BCUT2D eigenvalue weighted by Gasteiger charge is -2.58. The van der Waals surface area contributed by atoms with Crippen LogP contribution in [0.5, 0.6) is 0 Å². The highest BCUT2D eigenvalue weighted by Crippen LogP contribution is 2.68. The predicted molar refractivity (Wildman–Crippen MR) is 141 cm³/mol. The van der Waals surface area contributed by atoms with E-state index in [2.05, 4.69) is 38.7 Å². The molecule has 3 saturated carbocycles. The Bertz CT molecular complexity index is 1140. The Hall–Kier alpha value is -1.43. The molecule has 3 fully saturated rings. The third kappa shape index (κ3) is 3.26. The van der Waals surface area contributed by atoms with Gasteiger partial charge in [-0.15, -0.1) is 11.3 Å². The van der Waals surface area contributed by atoms with Crippen LogP contribution in [0.15, 0.2) is 46.4 Å². The van der Waals surface area contributed by atoms with Crippen molar-refractivity contribution in [1.82, 2.24) is 4.98 Å². The zero-order chi connectivity index (χ0) is 23.7. The molecule has 5 aliphatic carbocycles. The van der Waals surface area contributed by atoms with Gasteiger partial charge in [-0.05, 0) is 92.9 Å². The summed E-state index contributed by atoms with van der Waals surface area (Å²) in [5.74, 6) is 2.56. The number of hydrogen-bond acceptors (Lipinski definition) is 5. The van der Waals surface area contributed by atoms with Crippen molar-refractivity contribution in [1.29, 1.82) is 0 Å². The zero-order valence-electron chi connectivity index (χ0n) is 20.3. The molecular formula is C29H35NO2S2. The van der Waals surface area contributed by atoms with E-state index in [1.165, 1.54) is 16.1 Å². The van der Waals surface area contributed by atoms with Gasteiger partial charge in [0, 0.05) is 16.6 Å². The minimum atomic E-state index is -0.804. The molecule has 1 aromatic rings. The van der Waals surface area contributed by atoms with Crippen molar-refractivity contribution in [2.24, 2.45) is 28.6 Å². The molecule has 0 aliphatic heterocycles. The molecule has 180 valence electrons. The number of thioether (sulfide) groups is 1. The molecule has 0 amide bonds. The number of carbonyl (C=O) groups is 1. The maximum atomic E-state index is 12.2. The molecule has 0 spiro atoms. The molecule has 0 saturated heterocycles. The van der Waals surface area contributed by atoms with Crippen molar-refractivity contribution in [3.8, 4) is 0 Å². The number of fused-ring (bicyclic) bond motifs is 6. The molecule has 5 unspecified atom stereocenters. The second-order valence-electron chi connectivity index (χ2n) is 11.6. The highest BCUT2D eigenvalue weighted by molar-refractivity contribution is 8.01. The third-order valence-corrected chi connectivity index (χ3v) is 12.5. The number of carbonyl (C=O) groups excluding carboxylic acids is 1. The van der Waals surface area contributed by atoms with Crippen molar-refractivity contribution in [2.75, 3.05) is 5.75 Å². The van der Waals surface area contributed by atoms with E-state index in [0.29, 0.717) is 17.8 Å². The molecule has 1 aromatic heterocycles. The number of allylic oxidation sites excluding steroid dienone is 5. The first-order chi connectivity index (χ1) is 16.2. The molecular weight excluding hydrogens is 458 g/mol. The fourth-order valence-corrected chi connectivity index (χ4v) is 10.4. The predicted octanol–water partition coefficient (Wildman–Crippen LogP) is 6.79. The van der Waals surface area contributed by atoms with E-state index >= 15 is 0 Å². The molecule has 1 heterocycles. The summed E-state index contributed by atoms with van der Waals surface area (Å²) in [6.07, 6.45) is 18.6. The lowest BCUT2D eigenvalue weighted by atomic mass is 9.47. The zero-order valence-corrected chi connectivity index (χ0v) is 21.9. The second kappa shape index (κ2) is 8.04. The van der Waals surface area contributed by atoms with Gasteiger partial charge in [0.2, 0.25) is 0 Å². The van der Waals surface area contributed by atoms with Crippen molar-refractivity contribution in [2.45, 2.75) is 75.2 Å². The largest absolute Gasteiger partial charge is 0.385 e. The average Bonchev–Trinajstić information content (AvgIpc) is 3.36. The molecule has 34 heavy (non-hydrogen) atoms. The Balaban J connectivity index is 1.20. The quantitative estimate of drug-likeness (QED) is 0.371. The van der Waals surface area contributed by atoms with Crippen molar-refractivity contribution < 1.29 is 9.90 Å². The number of aliphatic hydroxyl groups is 1. The second-order valence-corrected chi connectivity index (χ2v) is 13.8. The van der Waals surface area contributed by atoms with Gasteiger partial charge >= 0.3 is 0 Å². The van der Waals surface area contributed by atoms with E-state index in [9.17, 15) is 9.90 Å². The van der Waals surface area contributed by atoms with Gasteiger partial charge in [-0.25, -0.2) is 4.98 Å². The Morgan fingerprint density at radius 3 is 2.85 bits per heavy atom. The van der Waals surface area contributed by atoms with Crippen LogP contribution < -0.4 is 0 Å². The van der Waals surface area contributed by atoms with Gasteiger partial charge in [-0.1, -0.05) is 49.9 Å². The van der Waals surface area contributed by atoms with Crippen LogP contribution in [0.25, 0.3) is 6.08 Å². The van der Waals surface area contributed by atoms with E-state index in [0.717, 1.165) is 67.0 Å². The number of aromatic nitrogens is 1. The first-order valence-corrected chi connectivity index (χ1v) is 14.7. The molecule has 1 N–H and O–H groups in total. The number of aryl methyl sites for hydroxylation is 1. The van der Waals surface area contributed by atoms with Crippen LogP contribution in [0.1, 0.15) is 69.4 Å². The fourth-order valence-electron chi connectivity index (χ4n) is 8.19. The van der Waals surface area contributed by atoms with Crippen molar-refractivity contribution in [3.63, 3.8) is 0 Å². The Labute approximate surface area is 211 Å². The number of ketones is 1. The fraction of sp³-hybridized carbons (Fsp3) is 0.586. The number of rotatable bonds is 4. The van der Waals surface area contributed by atoms with Gasteiger partial charge in [0.1, 0.15) is 0 Å². The SMILES string of the molecule is C=C(CSc1nc2c(s1)C=CCC2)[C@@]1(O)CCC2C3CCC4=CC(=O)C=CC4(C)C3CCC21C. The van der Waals surface area contributed by atoms with Crippen LogP contribution >= 0.6 is 23.1 Å². The van der Waals surface area contributed by atoms with E-state index < -0.39 is 5.60 Å². The molecule has 5 aliphatic rings. The van der Waals surface area contributed by atoms with Crippen LogP contribution in [-0.4, -0.2) is 27.2 Å². The summed E-state index contributed by atoms with van der Waals surface area (Å²) in [5.41, 5.74) is 2.62. The lowest BCUT2D eigenvalue weighted by molar-refractivity contribution is -0.112. The summed E-state index contributed by atoms with van der Waals surface area (Å²) in [5, 5.41) is 12.2. The summed E-state index contributed by atoms with van der Waals surface area (Å²) in [6.45, 7) is 9.16. The van der Waals surface area contributed by atoms with Crippen LogP contribution in [0.4, 0.5) is 0 Å². The van der Waals surface area contributed by atoms with Crippen LogP contribution in [0.3, 0.4) is 0 Å². The molecule has 5 heteroatoms. The Morgan fingerprint density at radius 2 is 2.03 bits per heavy atom. The topological polar surface area (TPSA) is 50.2 Å². The standard InChI is InChI=1S/C29H35NO2S2/c1-18(17-33-26-30-24-6-4-5-7-25(24)34-26)29(32)15-12-23-21-9-8-19-16-20(31)10-13-27(19,2)22(21)11-14-28(23,29)3/h5,7,10,13,16,21-23,32H,1,4,6,8-9,11-12,14-15,17H2,2-3H3/t21?,22?,23?,27?,28?,29-/m0/s1. The summed E-state index contributed by atoms with van der Waals surface area (Å²) in [7, 11) is 0. The molecule has 3 nitrogen and oxygen atoms in total. The van der Waals surface area contributed by atoms with Crippen molar-refractivity contribution in [3.05, 3.63) is 52.6 Å². The highest BCUT2D eigenvalue weighted by Gasteiger charge is 2.64. The van der Waals surface area contributed by atoms with Gasteiger partial charge in [0.15, 0.2) is 10.1 Å². The number of nitrogens with zero attached hydrogens (tertiary/aromatic N) is 1.